The first kappa shape index (κ1) is 11.0. The average Bonchev–Trinajstić information content (AvgIpc) is 2.07. The van der Waals surface area contributed by atoms with Crippen LogP contribution in [0, 0.1) is 0 Å². The fourth-order valence-corrected chi connectivity index (χ4v) is 1.77. The highest BCUT2D eigenvalue weighted by Crippen LogP contribution is 2.03. The van der Waals surface area contributed by atoms with E-state index in [0.29, 0.717) is 6.54 Å². The molecular weight excluding hydrogens is 202 g/mol. The lowest BCUT2D eigenvalue weighted by Crippen LogP contribution is -2.19. The van der Waals surface area contributed by atoms with Crippen molar-refractivity contribution in [1.29, 1.82) is 0 Å². The molecule has 0 atom stereocenters. The van der Waals surface area contributed by atoms with Crippen molar-refractivity contribution in [2.24, 2.45) is 0 Å². The fraction of sp³-hybridized carbons (Fsp3) is 0.444. The molecule has 1 rings (SSSR count). The van der Waals surface area contributed by atoms with Gasteiger partial charge < -0.3 is 4.57 Å². The Morgan fingerprint density at radius 2 is 2.07 bits per heavy atom. The highest BCUT2D eigenvalue weighted by Gasteiger charge is 2.07. The molecule has 0 spiro atoms. The summed E-state index contributed by atoms with van der Waals surface area (Å²) in [6.07, 6.45) is 3.45. The zero-order chi connectivity index (χ0) is 10.8. The highest BCUT2D eigenvalue weighted by molar-refractivity contribution is 7.90. The number of aromatic nitrogens is 1. The van der Waals surface area contributed by atoms with Crippen LogP contribution in [0.1, 0.15) is 13.3 Å². The van der Waals surface area contributed by atoms with Gasteiger partial charge in [0, 0.05) is 25.1 Å². The molecule has 0 aliphatic carbocycles. The van der Waals surface area contributed by atoms with Crippen LogP contribution in [0.2, 0.25) is 0 Å². The van der Waals surface area contributed by atoms with Crippen LogP contribution in [0.5, 0.6) is 0 Å². The van der Waals surface area contributed by atoms with Crippen LogP contribution in [0.15, 0.2) is 28.0 Å². The normalized spacial score (nSPS) is 11.6. The Morgan fingerprint density at radius 1 is 1.43 bits per heavy atom. The summed E-state index contributed by atoms with van der Waals surface area (Å²) in [5, 5.41) is 0. The molecule has 0 fully saturated rings. The number of aryl methyl sites for hydroxylation is 1. The summed E-state index contributed by atoms with van der Waals surface area (Å²) in [6, 6.07) is 2.61. The van der Waals surface area contributed by atoms with E-state index in [-0.39, 0.29) is 10.5 Å². The van der Waals surface area contributed by atoms with Gasteiger partial charge in [-0.05, 0) is 12.5 Å². The van der Waals surface area contributed by atoms with E-state index in [0.717, 1.165) is 18.7 Å². The van der Waals surface area contributed by atoms with Crippen molar-refractivity contribution in [3.8, 4) is 0 Å². The summed E-state index contributed by atoms with van der Waals surface area (Å²) in [4.78, 5) is 11.5. The SMILES string of the molecule is CCCn1ccc(S(C)(=O)=O)cc1=O. The predicted molar refractivity (Wildman–Crippen MR) is 54.1 cm³/mol. The van der Waals surface area contributed by atoms with Gasteiger partial charge in [0.2, 0.25) is 0 Å². The lowest BCUT2D eigenvalue weighted by Gasteiger charge is -2.03. The molecule has 0 radical (unpaired) electrons. The van der Waals surface area contributed by atoms with Gasteiger partial charge >= 0.3 is 0 Å². The smallest absolute Gasteiger partial charge is 0.251 e. The van der Waals surface area contributed by atoms with Gasteiger partial charge in [-0.15, -0.1) is 0 Å². The first-order chi connectivity index (χ1) is 6.45. The number of hydrogen-bond donors (Lipinski definition) is 0. The van der Waals surface area contributed by atoms with Crippen molar-refractivity contribution in [2.45, 2.75) is 24.8 Å². The molecule has 1 heterocycles. The Labute approximate surface area is 83.1 Å². The van der Waals surface area contributed by atoms with Crippen molar-refractivity contribution in [1.82, 2.24) is 4.57 Å². The molecule has 0 aliphatic rings. The van der Waals surface area contributed by atoms with Crippen LogP contribution < -0.4 is 5.56 Å². The van der Waals surface area contributed by atoms with E-state index in [4.69, 9.17) is 0 Å². The van der Waals surface area contributed by atoms with Crippen LogP contribution in [0.25, 0.3) is 0 Å². The summed E-state index contributed by atoms with van der Waals surface area (Å²) >= 11 is 0. The zero-order valence-electron chi connectivity index (χ0n) is 8.23. The second-order valence-electron chi connectivity index (χ2n) is 3.17. The fourth-order valence-electron chi connectivity index (χ4n) is 1.15. The molecular formula is C9H13NO3S. The number of pyridine rings is 1. The van der Waals surface area contributed by atoms with Gasteiger partial charge in [-0.2, -0.15) is 0 Å². The molecule has 1 aromatic heterocycles. The minimum absolute atomic E-state index is 0.0786. The van der Waals surface area contributed by atoms with E-state index in [1.54, 1.807) is 0 Å². The summed E-state index contributed by atoms with van der Waals surface area (Å²) in [7, 11) is -3.27. The molecule has 0 saturated carbocycles. The minimum atomic E-state index is -3.27. The number of sulfone groups is 1. The summed E-state index contributed by atoms with van der Waals surface area (Å²) < 4.78 is 23.7. The Bertz CT molecular complexity index is 473. The van der Waals surface area contributed by atoms with Crippen molar-refractivity contribution < 1.29 is 8.42 Å². The Kier molecular flexibility index (Phi) is 3.10. The summed E-state index contributed by atoms with van der Waals surface area (Å²) in [5.41, 5.74) is -0.269. The zero-order valence-corrected chi connectivity index (χ0v) is 9.04. The molecule has 78 valence electrons. The van der Waals surface area contributed by atoms with E-state index < -0.39 is 9.84 Å². The molecule has 0 bridgehead atoms. The Morgan fingerprint density at radius 3 is 2.50 bits per heavy atom. The molecule has 0 N–H and O–H groups in total. The second-order valence-corrected chi connectivity index (χ2v) is 5.18. The van der Waals surface area contributed by atoms with Crippen LogP contribution in [0.4, 0.5) is 0 Å². The van der Waals surface area contributed by atoms with Crippen molar-refractivity contribution in [3.05, 3.63) is 28.7 Å². The average molecular weight is 215 g/mol. The second kappa shape index (κ2) is 3.96. The predicted octanol–water partition coefficient (Wildman–Crippen LogP) is 0.662. The van der Waals surface area contributed by atoms with Crippen LogP contribution >= 0.6 is 0 Å². The number of nitrogens with zero attached hydrogens (tertiary/aromatic N) is 1. The van der Waals surface area contributed by atoms with Gasteiger partial charge in [0.05, 0.1) is 4.90 Å². The van der Waals surface area contributed by atoms with Gasteiger partial charge in [0.1, 0.15) is 0 Å². The standard InChI is InChI=1S/C9H13NO3S/c1-3-5-10-6-4-8(7-9(10)11)14(2,12)13/h4,6-7H,3,5H2,1-2H3. The third-order valence-corrected chi connectivity index (χ3v) is 2.97. The first-order valence-corrected chi connectivity index (χ1v) is 6.25. The maximum atomic E-state index is 11.4. The lowest BCUT2D eigenvalue weighted by atomic mass is 10.4. The molecule has 5 heteroatoms. The topological polar surface area (TPSA) is 56.1 Å². The maximum Gasteiger partial charge on any atom is 0.251 e. The summed E-state index contributed by atoms with van der Waals surface area (Å²) in [6.45, 7) is 2.57. The molecule has 0 unspecified atom stereocenters. The van der Waals surface area contributed by atoms with Gasteiger partial charge in [-0.3, -0.25) is 4.79 Å². The Hall–Kier alpha value is -1.10. The minimum Gasteiger partial charge on any atom is -0.315 e. The first-order valence-electron chi connectivity index (χ1n) is 4.35. The van der Waals surface area contributed by atoms with E-state index in [1.165, 1.54) is 16.8 Å². The number of hydrogen-bond acceptors (Lipinski definition) is 3. The van der Waals surface area contributed by atoms with Gasteiger partial charge in [-0.25, -0.2) is 8.42 Å². The lowest BCUT2D eigenvalue weighted by molar-refractivity contribution is 0.599. The quantitative estimate of drug-likeness (QED) is 0.744. The highest BCUT2D eigenvalue weighted by atomic mass is 32.2. The monoisotopic (exact) mass is 215 g/mol. The third kappa shape index (κ3) is 2.45. The van der Waals surface area contributed by atoms with Crippen molar-refractivity contribution in [2.75, 3.05) is 6.26 Å². The van der Waals surface area contributed by atoms with Crippen LogP contribution in [-0.4, -0.2) is 19.2 Å². The van der Waals surface area contributed by atoms with E-state index in [9.17, 15) is 13.2 Å². The molecule has 1 aromatic rings. The molecule has 0 aromatic carbocycles. The molecule has 0 saturated heterocycles. The van der Waals surface area contributed by atoms with Gasteiger partial charge in [0.15, 0.2) is 9.84 Å². The van der Waals surface area contributed by atoms with Crippen LogP contribution in [0.3, 0.4) is 0 Å². The summed E-state index contributed by atoms with van der Waals surface area (Å²) in [5.74, 6) is 0. The van der Waals surface area contributed by atoms with Crippen molar-refractivity contribution in [3.63, 3.8) is 0 Å². The van der Waals surface area contributed by atoms with E-state index >= 15 is 0 Å². The van der Waals surface area contributed by atoms with E-state index in [1.807, 2.05) is 6.92 Å². The van der Waals surface area contributed by atoms with Gasteiger partial charge in [-0.1, -0.05) is 6.92 Å². The molecule has 14 heavy (non-hydrogen) atoms. The number of rotatable bonds is 3. The van der Waals surface area contributed by atoms with Crippen molar-refractivity contribution >= 4 is 9.84 Å². The Balaban J connectivity index is 3.20. The van der Waals surface area contributed by atoms with Crippen LogP contribution in [-0.2, 0) is 16.4 Å². The third-order valence-electron chi connectivity index (χ3n) is 1.86. The maximum absolute atomic E-state index is 11.4. The van der Waals surface area contributed by atoms with E-state index in [2.05, 4.69) is 0 Å². The molecule has 4 nitrogen and oxygen atoms in total. The van der Waals surface area contributed by atoms with Gasteiger partial charge in [0.25, 0.3) is 5.56 Å². The largest absolute Gasteiger partial charge is 0.315 e. The molecule has 0 amide bonds. The molecule has 0 aliphatic heterocycles.